The highest BCUT2D eigenvalue weighted by Crippen LogP contribution is 2.20. The number of hydrogen-bond donors (Lipinski definition) is 0. The number of carbonyl (C=O) groups is 1. The van der Waals surface area contributed by atoms with E-state index in [9.17, 15) is 4.79 Å². The lowest BCUT2D eigenvalue weighted by Crippen LogP contribution is -2.31. The molecule has 0 bridgehead atoms. The molecular weight excluding hydrogens is 370 g/mol. The summed E-state index contributed by atoms with van der Waals surface area (Å²) in [6.07, 6.45) is 3.61. The maximum absolute atomic E-state index is 12.9. The van der Waals surface area contributed by atoms with Crippen molar-refractivity contribution in [2.45, 2.75) is 13.1 Å². The molecule has 4 rings (SSSR count). The SMILES string of the molecule is Cn1ccnc1CN(Cc1ccc(-c2ccccc2)cc1)C(=O)c1csnn1. The molecule has 2 heterocycles. The maximum Gasteiger partial charge on any atom is 0.276 e. The van der Waals surface area contributed by atoms with E-state index in [0.29, 0.717) is 18.8 Å². The van der Waals surface area contributed by atoms with Crippen molar-refractivity contribution < 1.29 is 4.79 Å². The average molecular weight is 389 g/mol. The highest BCUT2D eigenvalue weighted by Gasteiger charge is 2.20. The van der Waals surface area contributed by atoms with Gasteiger partial charge in [-0.05, 0) is 28.2 Å². The molecular formula is C21H19N5OS. The van der Waals surface area contributed by atoms with E-state index >= 15 is 0 Å². The van der Waals surface area contributed by atoms with E-state index in [1.54, 1.807) is 16.5 Å². The molecule has 0 saturated carbocycles. The summed E-state index contributed by atoms with van der Waals surface area (Å²) in [4.78, 5) is 19.0. The molecule has 28 heavy (non-hydrogen) atoms. The summed E-state index contributed by atoms with van der Waals surface area (Å²) in [5.74, 6) is 0.668. The van der Waals surface area contributed by atoms with Crippen LogP contribution >= 0.6 is 11.5 Å². The highest BCUT2D eigenvalue weighted by molar-refractivity contribution is 7.03. The average Bonchev–Trinajstić information content (AvgIpc) is 3.41. The molecule has 0 aliphatic rings. The van der Waals surface area contributed by atoms with Gasteiger partial charge < -0.3 is 9.47 Å². The summed E-state index contributed by atoms with van der Waals surface area (Å²) in [7, 11) is 1.92. The second-order valence-corrected chi connectivity index (χ2v) is 7.08. The van der Waals surface area contributed by atoms with Crippen molar-refractivity contribution >= 4 is 17.4 Å². The van der Waals surface area contributed by atoms with Gasteiger partial charge in [0.1, 0.15) is 5.82 Å². The van der Waals surface area contributed by atoms with Gasteiger partial charge in [-0.25, -0.2) is 4.98 Å². The molecule has 0 saturated heterocycles. The molecule has 0 aliphatic carbocycles. The summed E-state index contributed by atoms with van der Waals surface area (Å²) >= 11 is 1.17. The van der Waals surface area contributed by atoms with Gasteiger partial charge in [0.05, 0.1) is 6.54 Å². The third kappa shape index (κ3) is 3.99. The van der Waals surface area contributed by atoms with Crippen LogP contribution in [-0.2, 0) is 20.1 Å². The second kappa shape index (κ2) is 8.14. The van der Waals surface area contributed by atoms with Crippen LogP contribution in [-0.4, -0.2) is 29.9 Å². The lowest BCUT2D eigenvalue weighted by molar-refractivity contribution is 0.0718. The molecule has 0 N–H and O–H groups in total. The summed E-state index contributed by atoms with van der Waals surface area (Å²) in [5.41, 5.74) is 3.73. The topological polar surface area (TPSA) is 63.9 Å². The molecule has 1 amide bonds. The Morgan fingerprint density at radius 3 is 2.43 bits per heavy atom. The monoisotopic (exact) mass is 389 g/mol. The summed E-state index contributed by atoms with van der Waals surface area (Å²) in [5, 5.41) is 5.61. The fraction of sp³-hybridized carbons (Fsp3) is 0.143. The van der Waals surface area contributed by atoms with E-state index in [4.69, 9.17) is 0 Å². The summed E-state index contributed by atoms with van der Waals surface area (Å²) in [6, 6.07) is 18.5. The Morgan fingerprint density at radius 2 is 1.79 bits per heavy atom. The van der Waals surface area contributed by atoms with Crippen LogP contribution in [0, 0.1) is 0 Å². The molecule has 0 unspecified atom stereocenters. The minimum absolute atomic E-state index is 0.149. The van der Waals surface area contributed by atoms with Crippen LogP contribution in [0.15, 0.2) is 72.4 Å². The molecule has 7 heteroatoms. The van der Waals surface area contributed by atoms with Gasteiger partial charge in [0, 0.05) is 31.4 Å². The molecule has 6 nitrogen and oxygen atoms in total. The Morgan fingerprint density at radius 1 is 1.04 bits per heavy atom. The molecule has 0 fully saturated rings. The van der Waals surface area contributed by atoms with Crippen LogP contribution in [0.3, 0.4) is 0 Å². The zero-order valence-electron chi connectivity index (χ0n) is 15.4. The number of rotatable bonds is 6. The lowest BCUT2D eigenvalue weighted by Gasteiger charge is -2.21. The first-order valence-electron chi connectivity index (χ1n) is 8.87. The largest absolute Gasteiger partial charge is 0.337 e. The van der Waals surface area contributed by atoms with Gasteiger partial charge in [-0.1, -0.05) is 59.1 Å². The zero-order valence-corrected chi connectivity index (χ0v) is 16.2. The smallest absolute Gasteiger partial charge is 0.276 e. The van der Waals surface area contributed by atoms with Crippen molar-refractivity contribution in [1.29, 1.82) is 0 Å². The first-order valence-corrected chi connectivity index (χ1v) is 9.71. The van der Waals surface area contributed by atoms with Gasteiger partial charge in [-0.15, -0.1) is 5.10 Å². The van der Waals surface area contributed by atoms with E-state index in [1.807, 2.05) is 36.0 Å². The molecule has 0 aliphatic heterocycles. The summed E-state index contributed by atoms with van der Waals surface area (Å²) in [6.45, 7) is 0.874. The molecule has 2 aromatic carbocycles. The van der Waals surface area contributed by atoms with Crippen LogP contribution in [0.1, 0.15) is 21.9 Å². The van der Waals surface area contributed by atoms with Gasteiger partial charge in [-0.3, -0.25) is 4.79 Å². The minimum Gasteiger partial charge on any atom is -0.337 e. The van der Waals surface area contributed by atoms with E-state index in [1.165, 1.54) is 17.1 Å². The number of benzene rings is 2. The van der Waals surface area contributed by atoms with Crippen molar-refractivity contribution in [3.63, 3.8) is 0 Å². The van der Waals surface area contributed by atoms with Crippen molar-refractivity contribution in [2.75, 3.05) is 0 Å². The Balaban J connectivity index is 1.56. The van der Waals surface area contributed by atoms with Crippen LogP contribution in [0.2, 0.25) is 0 Å². The number of aromatic nitrogens is 4. The van der Waals surface area contributed by atoms with Crippen LogP contribution < -0.4 is 0 Å². The molecule has 0 radical (unpaired) electrons. The Labute approximate surface area is 167 Å². The minimum atomic E-state index is -0.149. The van der Waals surface area contributed by atoms with Gasteiger partial charge in [0.25, 0.3) is 5.91 Å². The van der Waals surface area contributed by atoms with Gasteiger partial charge in [0.2, 0.25) is 0 Å². The van der Waals surface area contributed by atoms with E-state index in [0.717, 1.165) is 17.0 Å². The van der Waals surface area contributed by atoms with Gasteiger partial charge in [0.15, 0.2) is 5.69 Å². The fourth-order valence-electron chi connectivity index (χ4n) is 2.99. The first kappa shape index (κ1) is 18.1. The maximum atomic E-state index is 12.9. The molecule has 0 atom stereocenters. The van der Waals surface area contributed by atoms with Crippen molar-refractivity contribution in [2.24, 2.45) is 7.05 Å². The quantitative estimate of drug-likeness (QED) is 0.503. The van der Waals surface area contributed by atoms with E-state index in [-0.39, 0.29) is 5.91 Å². The number of amides is 1. The summed E-state index contributed by atoms with van der Waals surface area (Å²) < 4.78 is 5.73. The lowest BCUT2D eigenvalue weighted by atomic mass is 10.0. The van der Waals surface area contributed by atoms with Crippen molar-refractivity contribution in [3.8, 4) is 11.1 Å². The van der Waals surface area contributed by atoms with Crippen LogP contribution in [0.4, 0.5) is 0 Å². The Bertz CT molecular complexity index is 1040. The van der Waals surface area contributed by atoms with Crippen molar-refractivity contribution in [1.82, 2.24) is 24.0 Å². The van der Waals surface area contributed by atoms with Crippen LogP contribution in [0.5, 0.6) is 0 Å². The number of carbonyl (C=O) groups excluding carboxylic acids is 1. The number of nitrogens with zero attached hydrogens (tertiary/aromatic N) is 5. The third-order valence-corrected chi connectivity index (χ3v) is 5.06. The molecule has 2 aromatic heterocycles. The first-order chi connectivity index (χ1) is 13.7. The Kier molecular flexibility index (Phi) is 5.25. The van der Waals surface area contributed by atoms with Gasteiger partial charge in [-0.2, -0.15) is 0 Å². The predicted octanol–water partition coefficient (Wildman–Crippen LogP) is 3.78. The number of imidazole rings is 1. The predicted molar refractivity (Wildman–Crippen MR) is 109 cm³/mol. The van der Waals surface area contributed by atoms with E-state index in [2.05, 4.69) is 51.0 Å². The Hall–Kier alpha value is -3.32. The normalized spacial score (nSPS) is 10.8. The molecule has 0 spiro atoms. The van der Waals surface area contributed by atoms with Crippen molar-refractivity contribution in [3.05, 3.63) is 89.5 Å². The van der Waals surface area contributed by atoms with E-state index < -0.39 is 0 Å². The second-order valence-electron chi connectivity index (χ2n) is 6.47. The molecule has 4 aromatic rings. The number of aryl methyl sites for hydroxylation is 1. The third-order valence-electron chi connectivity index (χ3n) is 4.55. The standard InChI is InChI=1S/C21H19N5OS/c1-25-12-11-22-20(25)14-26(21(27)19-15-28-24-23-19)13-16-7-9-18(10-8-16)17-5-3-2-4-6-17/h2-12,15H,13-14H2,1H3. The highest BCUT2D eigenvalue weighted by atomic mass is 32.1. The number of hydrogen-bond acceptors (Lipinski definition) is 5. The van der Waals surface area contributed by atoms with Gasteiger partial charge >= 0.3 is 0 Å². The fourth-order valence-corrected chi connectivity index (χ4v) is 3.42. The van der Waals surface area contributed by atoms with Crippen LogP contribution in [0.25, 0.3) is 11.1 Å². The zero-order chi connectivity index (χ0) is 19.3. The molecule has 140 valence electrons.